The molecule has 7 nitrogen and oxygen atoms in total. The first-order valence-corrected chi connectivity index (χ1v) is 9.83. The quantitative estimate of drug-likeness (QED) is 0.591. The van der Waals surface area contributed by atoms with Crippen LogP contribution in [-0.2, 0) is 14.3 Å². The number of anilines is 1. The van der Waals surface area contributed by atoms with Crippen molar-refractivity contribution in [2.75, 3.05) is 19.0 Å². The summed E-state index contributed by atoms with van der Waals surface area (Å²) in [6.07, 6.45) is 0. The number of ether oxygens (including phenoxy) is 2. The maximum absolute atomic E-state index is 12.5. The predicted molar refractivity (Wildman–Crippen MR) is 115 cm³/mol. The summed E-state index contributed by atoms with van der Waals surface area (Å²) in [4.78, 5) is 37.0. The van der Waals surface area contributed by atoms with Gasteiger partial charge < -0.3 is 20.1 Å². The SMILES string of the molecule is COc1ccc(NC(=O)COC(=O)C(NC(=O)c2ccc(Cl)cc2Cl)C(C)C)cc1. The van der Waals surface area contributed by atoms with Gasteiger partial charge in [0, 0.05) is 10.7 Å². The topological polar surface area (TPSA) is 93.7 Å². The molecule has 0 radical (unpaired) electrons. The Kier molecular flexibility index (Phi) is 8.50. The van der Waals surface area contributed by atoms with Crippen LogP contribution in [0.5, 0.6) is 5.75 Å². The fourth-order valence-corrected chi connectivity index (χ4v) is 2.98. The summed E-state index contributed by atoms with van der Waals surface area (Å²) in [5, 5.41) is 5.75. The molecular weight excluding hydrogens is 431 g/mol. The molecule has 0 saturated heterocycles. The second kappa shape index (κ2) is 10.8. The minimum Gasteiger partial charge on any atom is -0.497 e. The molecule has 0 saturated carbocycles. The third-order valence-corrected chi connectivity index (χ3v) is 4.65. The van der Waals surface area contributed by atoms with Crippen molar-refractivity contribution in [2.45, 2.75) is 19.9 Å². The summed E-state index contributed by atoms with van der Waals surface area (Å²) in [7, 11) is 1.54. The van der Waals surface area contributed by atoms with Gasteiger partial charge in [-0.25, -0.2) is 4.79 Å². The molecular formula is C21H22Cl2N2O5. The van der Waals surface area contributed by atoms with E-state index in [1.165, 1.54) is 25.3 Å². The number of benzene rings is 2. The van der Waals surface area contributed by atoms with E-state index >= 15 is 0 Å². The lowest BCUT2D eigenvalue weighted by molar-refractivity contribution is -0.150. The van der Waals surface area contributed by atoms with E-state index in [0.29, 0.717) is 16.5 Å². The van der Waals surface area contributed by atoms with Crippen molar-refractivity contribution in [1.29, 1.82) is 0 Å². The van der Waals surface area contributed by atoms with Gasteiger partial charge in [0.25, 0.3) is 11.8 Å². The number of hydrogen-bond acceptors (Lipinski definition) is 5. The molecule has 9 heteroatoms. The molecule has 2 rings (SSSR count). The van der Waals surface area contributed by atoms with Crippen molar-refractivity contribution in [1.82, 2.24) is 5.32 Å². The Morgan fingerprint density at radius 2 is 1.70 bits per heavy atom. The van der Waals surface area contributed by atoms with Crippen LogP contribution in [0.2, 0.25) is 10.0 Å². The largest absolute Gasteiger partial charge is 0.497 e. The molecule has 2 aromatic rings. The minimum atomic E-state index is -0.960. The molecule has 0 fully saturated rings. The Morgan fingerprint density at radius 1 is 1.03 bits per heavy atom. The Balaban J connectivity index is 1.94. The molecule has 30 heavy (non-hydrogen) atoms. The standard InChI is InChI=1S/C21H22Cl2N2O5/c1-12(2)19(25-20(27)16-9-4-13(22)10-17(16)23)21(28)30-11-18(26)24-14-5-7-15(29-3)8-6-14/h4-10,12,19H,11H2,1-3H3,(H,24,26)(H,25,27). The number of amides is 2. The molecule has 2 aromatic carbocycles. The summed E-state index contributed by atoms with van der Waals surface area (Å²) >= 11 is 11.9. The highest BCUT2D eigenvalue weighted by atomic mass is 35.5. The van der Waals surface area contributed by atoms with Gasteiger partial charge in [-0.15, -0.1) is 0 Å². The Hall–Kier alpha value is -2.77. The first kappa shape index (κ1) is 23.5. The second-order valence-corrected chi connectivity index (χ2v) is 7.55. The summed E-state index contributed by atoms with van der Waals surface area (Å²) in [6, 6.07) is 10.2. The maximum atomic E-state index is 12.5. The molecule has 2 N–H and O–H groups in total. The van der Waals surface area contributed by atoms with Gasteiger partial charge in [0.15, 0.2) is 6.61 Å². The highest BCUT2D eigenvalue weighted by Gasteiger charge is 2.27. The minimum absolute atomic E-state index is 0.162. The Morgan fingerprint density at radius 3 is 2.27 bits per heavy atom. The zero-order valence-electron chi connectivity index (χ0n) is 16.7. The molecule has 1 atom stereocenters. The first-order chi connectivity index (χ1) is 14.2. The van der Waals surface area contributed by atoms with Crippen molar-refractivity contribution in [2.24, 2.45) is 5.92 Å². The van der Waals surface area contributed by atoms with Gasteiger partial charge >= 0.3 is 5.97 Å². The number of rotatable bonds is 8. The van der Waals surface area contributed by atoms with Crippen LogP contribution >= 0.6 is 23.2 Å². The normalized spacial score (nSPS) is 11.5. The van der Waals surface area contributed by atoms with Crippen LogP contribution in [0.25, 0.3) is 0 Å². The lowest BCUT2D eigenvalue weighted by atomic mass is 10.0. The zero-order chi connectivity index (χ0) is 22.3. The van der Waals surface area contributed by atoms with Crippen molar-refractivity contribution in [3.8, 4) is 5.75 Å². The summed E-state index contributed by atoms with van der Waals surface area (Å²) in [5.41, 5.74) is 0.708. The van der Waals surface area contributed by atoms with E-state index in [1.807, 2.05) is 0 Å². The fourth-order valence-electron chi connectivity index (χ4n) is 2.49. The lowest BCUT2D eigenvalue weighted by Gasteiger charge is -2.21. The van der Waals surface area contributed by atoms with Crippen LogP contribution in [-0.4, -0.2) is 37.5 Å². The van der Waals surface area contributed by atoms with E-state index in [-0.39, 0.29) is 16.5 Å². The smallest absolute Gasteiger partial charge is 0.329 e. The second-order valence-electron chi connectivity index (χ2n) is 6.70. The molecule has 1 unspecified atom stereocenters. The molecule has 0 aliphatic heterocycles. The van der Waals surface area contributed by atoms with Crippen LogP contribution in [0.3, 0.4) is 0 Å². The number of halogens is 2. The fraction of sp³-hybridized carbons (Fsp3) is 0.286. The highest BCUT2D eigenvalue weighted by molar-refractivity contribution is 6.36. The zero-order valence-corrected chi connectivity index (χ0v) is 18.2. The van der Waals surface area contributed by atoms with Gasteiger partial charge in [-0.3, -0.25) is 9.59 Å². The predicted octanol–water partition coefficient (Wildman–Crippen LogP) is 3.94. The maximum Gasteiger partial charge on any atom is 0.329 e. The highest BCUT2D eigenvalue weighted by Crippen LogP contribution is 2.21. The summed E-state index contributed by atoms with van der Waals surface area (Å²) in [6.45, 7) is 2.99. The summed E-state index contributed by atoms with van der Waals surface area (Å²) < 4.78 is 10.1. The van der Waals surface area contributed by atoms with Crippen molar-refractivity contribution in [3.05, 3.63) is 58.1 Å². The lowest BCUT2D eigenvalue weighted by Crippen LogP contribution is -2.46. The van der Waals surface area contributed by atoms with Gasteiger partial charge in [0.05, 0.1) is 17.7 Å². The molecule has 2 amide bonds. The van der Waals surface area contributed by atoms with Crippen LogP contribution in [0.15, 0.2) is 42.5 Å². The van der Waals surface area contributed by atoms with E-state index in [9.17, 15) is 14.4 Å². The third-order valence-electron chi connectivity index (χ3n) is 4.10. The molecule has 160 valence electrons. The van der Waals surface area contributed by atoms with Crippen molar-refractivity contribution >= 4 is 46.7 Å². The van der Waals surface area contributed by atoms with E-state index < -0.39 is 30.4 Å². The van der Waals surface area contributed by atoms with Gasteiger partial charge in [0.2, 0.25) is 0 Å². The van der Waals surface area contributed by atoms with E-state index in [1.54, 1.807) is 38.1 Å². The monoisotopic (exact) mass is 452 g/mol. The van der Waals surface area contributed by atoms with Crippen molar-refractivity contribution in [3.63, 3.8) is 0 Å². The van der Waals surface area contributed by atoms with Crippen LogP contribution in [0, 0.1) is 5.92 Å². The van der Waals surface area contributed by atoms with E-state index in [0.717, 1.165) is 0 Å². The molecule has 0 spiro atoms. The number of hydrogen-bond donors (Lipinski definition) is 2. The van der Waals surface area contributed by atoms with Crippen LogP contribution in [0.1, 0.15) is 24.2 Å². The van der Waals surface area contributed by atoms with Crippen molar-refractivity contribution < 1.29 is 23.9 Å². The molecule has 0 aliphatic carbocycles. The van der Waals surface area contributed by atoms with Gasteiger partial charge in [-0.2, -0.15) is 0 Å². The number of carbonyl (C=O) groups excluding carboxylic acids is 3. The first-order valence-electron chi connectivity index (χ1n) is 9.07. The third kappa shape index (κ3) is 6.64. The Bertz CT molecular complexity index is 916. The average molecular weight is 453 g/mol. The number of esters is 1. The summed E-state index contributed by atoms with van der Waals surface area (Å²) in [5.74, 6) is -1.42. The number of carbonyl (C=O) groups is 3. The number of methoxy groups -OCH3 is 1. The Labute approximate surface area is 184 Å². The molecule has 0 bridgehead atoms. The van der Waals surface area contributed by atoms with E-state index in [4.69, 9.17) is 32.7 Å². The number of nitrogens with one attached hydrogen (secondary N) is 2. The molecule has 0 aliphatic rings. The average Bonchev–Trinajstić information content (AvgIpc) is 2.70. The molecule has 0 aromatic heterocycles. The molecule has 0 heterocycles. The van der Waals surface area contributed by atoms with Gasteiger partial charge in [-0.1, -0.05) is 37.0 Å². The van der Waals surface area contributed by atoms with Gasteiger partial charge in [-0.05, 0) is 48.4 Å². The van der Waals surface area contributed by atoms with Gasteiger partial charge in [0.1, 0.15) is 11.8 Å². The van der Waals surface area contributed by atoms with E-state index in [2.05, 4.69) is 10.6 Å². The van der Waals surface area contributed by atoms with Crippen LogP contribution in [0.4, 0.5) is 5.69 Å². The van der Waals surface area contributed by atoms with Crippen LogP contribution < -0.4 is 15.4 Å².